The first kappa shape index (κ1) is 9.53. The summed E-state index contributed by atoms with van der Waals surface area (Å²) in [6.45, 7) is 2.02. The Morgan fingerprint density at radius 1 is 1.36 bits per heavy atom. The largest absolute Gasteiger partial charge is 0.497 e. The van der Waals surface area contributed by atoms with E-state index in [2.05, 4.69) is 0 Å². The number of aryl methyl sites for hydroxylation is 1. The van der Waals surface area contributed by atoms with Gasteiger partial charge in [-0.25, -0.2) is 0 Å². The number of rotatable bonds is 2. The van der Waals surface area contributed by atoms with Crippen molar-refractivity contribution in [3.05, 3.63) is 29.3 Å². The van der Waals surface area contributed by atoms with Gasteiger partial charge in [0.1, 0.15) is 5.75 Å². The van der Waals surface area contributed by atoms with Crippen LogP contribution in [0.2, 0.25) is 0 Å². The van der Waals surface area contributed by atoms with Crippen LogP contribution in [0.1, 0.15) is 30.4 Å². The fraction of sp³-hybridized carbons (Fsp3) is 0.500. The summed E-state index contributed by atoms with van der Waals surface area (Å²) >= 11 is 0. The standard InChI is InChI=1S/C12H16O2/c1-9-8-10(14-2)4-5-11(9)12(13)6-3-7-12/h4-5,8,13H,3,6-7H2,1-2H3. The van der Waals surface area contributed by atoms with Gasteiger partial charge in [0.25, 0.3) is 0 Å². The molecule has 1 aromatic carbocycles. The number of hydrogen-bond donors (Lipinski definition) is 1. The molecular weight excluding hydrogens is 176 g/mol. The van der Waals surface area contributed by atoms with Crippen molar-refractivity contribution in [1.82, 2.24) is 0 Å². The van der Waals surface area contributed by atoms with Gasteiger partial charge >= 0.3 is 0 Å². The Morgan fingerprint density at radius 2 is 2.07 bits per heavy atom. The topological polar surface area (TPSA) is 29.5 Å². The van der Waals surface area contributed by atoms with Crippen molar-refractivity contribution in [1.29, 1.82) is 0 Å². The molecule has 0 spiro atoms. The summed E-state index contributed by atoms with van der Waals surface area (Å²) in [5.41, 5.74) is 1.62. The minimum Gasteiger partial charge on any atom is -0.497 e. The molecule has 1 N–H and O–H groups in total. The maximum atomic E-state index is 10.2. The third-order valence-corrected chi connectivity index (χ3v) is 3.12. The predicted octanol–water partition coefficient (Wildman–Crippen LogP) is 2.38. The van der Waals surface area contributed by atoms with E-state index >= 15 is 0 Å². The molecule has 0 bridgehead atoms. The van der Waals surface area contributed by atoms with E-state index in [1.54, 1.807) is 7.11 Å². The van der Waals surface area contributed by atoms with Crippen LogP contribution >= 0.6 is 0 Å². The lowest BCUT2D eigenvalue weighted by molar-refractivity contribution is -0.0393. The molecule has 1 aromatic rings. The van der Waals surface area contributed by atoms with E-state index < -0.39 is 5.60 Å². The zero-order valence-electron chi connectivity index (χ0n) is 8.71. The average Bonchev–Trinajstić information content (AvgIpc) is 2.14. The highest BCUT2D eigenvalue weighted by Gasteiger charge is 2.37. The maximum Gasteiger partial charge on any atom is 0.119 e. The molecule has 0 amide bonds. The number of ether oxygens (including phenoxy) is 1. The SMILES string of the molecule is COc1ccc(C2(O)CCC2)c(C)c1. The van der Waals surface area contributed by atoms with E-state index in [1.807, 2.05) is 25.1 Å². The molecule has 1 fully saturated rings. The Kier molecular flexibility index (Phi) is 2.23. The molecule has 2 rings (SSSR count). The smallest absolute Gasteiger partial charge is 0.119 e. The lowest BCUT2D eigenvalue weighted by atomic mass is 9.74. The molecule has 0 aliphatic heterocycles. The lowest BCUT2D eigenvalue weighted by Gasteiger charge is -2.38. The summed E-state index contributed by atoms with van der Waals surface area (Å²) < 4.78 is 5.13. The zero-order valence-corrected chi connectivity index (χ0v) is 8.71. The van der Waals surface area contributed by atoms with Gasteiger partial charge in [0.05, 0.1) is 12.7 Å². The van der Waals surface area contributed by atoms with E-state index in [9.17, 15) is 5.11 Å². The van der Waals surface area contributed by atoms with Crippen LogP contribution in [0, 0.1) is 6.92 Å². The highest BCUT2D eigenvalue weighted by Crippen LogP contribution is 2.42. The Balaban J connectivity index is 2.35. The van der Waals surface area contributed by atoms with Crippen molar-refractivity contribution in [2.24, 2.45) is 0 Å². The minimum atomic E-state index is -0.559. The van der Waals surface area contributed by atoms with Crippen LogP contribution in [0.25, 0.3) is 0 Å². The van der Waals surface area contributed by atoms with Crippen molar-refractivity contribution >= 4 is 0 Å². The van der Waals surface area contributed by atoms with Gasteiger partial charge < -0.3 is 9.84 Å². The van der Waals surface area contributed by atoms with Crippen molar-refractivity contribution in [2.75, 3.05) is 7.11 Å². The molecule has 0 saturated heterocycles. The Hall–Kier alpha value is -1.02. The van der Waals surface area contributed by atoms with E-state index in [-0.39, 0.29) is 0 Å². The fourth-order valence-electron chi connectivity index (χ4n) is 2.07. The first-order valence-electron chi connectivity index (χ1n) is 5.03. The molecule has 1 saturated carbocycles. The minimum absolute atomic E-state index is 0.559. The number of hydrogen-bond acceptors (Lipinski definition) is 2. The summed E-state index contributed by atoms with van der Waals surface area (Å²) in [6.07, 6.45) is 2.91. The normalized spacial score (nSPS) is 18.8. The predicted molar refractivity (Wildman–Crippen MR) is 55.5 cm³/mol. The lowest BCUT2D eigenvalue weighted by Crippen LogP contribution is -2.34. The Labute approximate surface area is 84.5 Å². The van der Waals surface area contributed by atoms with Crippen molar-refractivity contribution in [3.63, 3.8) is 0 Å². The van der Waals surface area contributed by atoms with E-state index in [1.165, 1.54) is 0 Å². The van der Waals surface area contributed by atoms with Crippen molar-refractivity contribution in [3.8, 4) is 5.75 Å². The van der Waals surface area contributed by atoms with Gasteiger partial charge in [-0.05, 0) is 49.4 Å². The Bertz CT molecular complexity index is 340. The number of benzene rings is 1. The Morgan fingerprint density at radius 3 is 2.50 bits per heavy atom. The molecule has 2 heteroatoms. The molecule has 0 aromatic heterocycles. The van der Waals surface area contributed by atoms with Crippen LogP contribution in [0.5, 0.6) is 5.75 Å². The number of methoxy groups -OCH3 is 1. The maximum absolute atomic E-state index is 10.2. The third-order valence-electron chi connectivity index (χ3n) is 3.12. The van der Waals surface area contributed by atoms with Gasteiger partial charge in [-0.1, -0.05) is 6.07 Å². The van der Waals surface area contributed by atoms with Gasteiger partial charge in [-0.3, -0.25) is 0 Å². The van der Waals surface area contributed by atoms with Crippen LogP contribution < -0.4 is 4.74 Å². The zero-order chi connectivity index (χ0) is 10.2. The summed E-state index contributed by atoms with van der Waals surface area (Å²) in [7, 11) is 1.66. The third kappa shape index (κ3) is 1.40. The first-order chi connectivity index (χ1) is 6.65. The van der Waals surface area contributed by atoms with Crippen molar-refractivity contribution < 1.29 is 9.84 Å². The second-order valence-electron chi connectivity index (χ2n) is 4.07. The first-order valence-corrected chi connectivity index (χ1v) is 5.03. The molecule has 0 atom stereocenters. The van der Waals surface area contributed by atoms with E-state index in [0.29, 0.717) is 0 Å². The van der Waals surface area contributed by atoms with Gasteiger partial charge in [-0.15, -0.1) is 0 Å². The quantitative estimate of drug-likeness (QED) is 0.779. The van der Waals surface area contributed by atoms with Crippen LogP contribution in [0.15, 0.2) is 18.2 Å². The van der Waals surface area contributed by atoms with Gasteiger partial charge in [0.2, 0.25) is 0 Å². The molecule has 0 unspecified atom stereocenters. The van der Waals surface area contributed by atoms with Crippen LogP contribution in [0.3, 0.4) is 0 Å². The van der Waals surface area contributed by atoms with Gasteiger partial charge in [0, 0.05) is 0 Å². The highest BCUT2D eigenvalue weighted by molar-refractivity contribution is 5.39. The molecule has 14 heavy (non-hydrogen) atoms. The molecular formula is C12H16O2. The molecule has 0 radical (unpaired) electrons. The monoisotopic (exact) mass is 192 g/mol. The molecule has 0 heterocycles. The molecule has 2 nitrogen and oxygen atoms in total. The van der Waals surface area contributed by atoms with Crippen molar-refractivity contribution in [2.45, 2.75) is 31.8 Å². The van der Waals surface area contributed by atoms with Gasteiger partial charge in [0.15, 0.2) is 0 Å². The summed E-state index contributed by atoms with van der Waals surface area (Å²) in [6, 6.07) is 5.87. The second kappa shape index (κ2) is 3.28. The van der Waals surface area contributed by atoms with Gasteiger partial charge in [-0.2, -0.15) is 0 Å². The second-order valence-corrected chi connectivity index (χ2v) is 4.07. The number of aliphatic hydroxyl groups is 1. The fourth-order valence-corrected chi connectivity index (χ4v) is 2.07. The highest BCUT2D eigenvalue weighted by atomic mass is 16.5. The molecule has 76 valence electrons. The average molecular weight is 192 g/mol. The molecule has 1 aliphatic carbocycles. The van der Waals surface area contributed by atoms with E-state index in [4.69, 9.17) is 4.74 Å². The van der Waals surface area contributed by atoms with Crippen LogP contribution in [0.4, 0.5) is 0 Å². The van der Waals surface area contributed by atoms with Crippen LogP contribution in [-0.4, -0.2) is 12.2 Å². The van der Waals surface area contributed by atoms with E-state index in [0.717, 1.165) is 36.1 Å². The summed E-state index contributed by atoms with van der Waals surface area (Å²) in [5.74, 6) is 0.856. The molecule has 1 aliphatic rings. The van der Waals surface area contributed by atoms with Crippen LogP contribution in [-0.2, 0) is 5.60 Å². The summed E-state index contributed by atoms with van der Waals surface area (Å²) in [4.78, 5) is 0. The summed E-state index contributed by atoms with van der Waals surface area (Å²) in [5, 5.41) is 10.2.